The molecule has 0 spiro atoms. The van der Waals surface area contributed by atoms with Crippen LogP contribution < -0.4 is 5.32 Å². The van der Waals surface area contributed by atoms with Gasteiger partial charge in [-0.05, 0) is 25.3 Å². The number of aryl methyl sites for hydroxylation is 1. The summed E-state index contributed by atoms with van der Waals surface area (Å²) in [5.74, 6) is 0.346. The van der Waals surface area contributed by atoms with E-state index in [1.165, 1.54) is 0 Å². The van der Waals surface area contributed by atoms with E-state index in [-0.39, 0.29) is 11.8 Å². The number of hydrogen-bond acceptors (Lipinski definition) is 2. The van der Waals surface area contributed by atoms with E-state index in [0.717, 1.165) is 31.5 Å². The standard InChI is InChI=1S/C10H15N3O/c1-2-13-7-8(6-12-13)5-9-3-4-11-10(9)14/h6-7,9H,2-5H2,1H3,(H,11,14). The maximum Gasteiger partial charge on any atom is 0.223 e. The summed E-state index contributed by atoms with van der Waals surface area (Å²) in [5, 5.41) is 7.03. The smallest absolute Gasteiger partial charge is 0.223 e. The Morgan fingerprint density at radius 1 is 1.71 bits per heavy atom. The van der Waals surface area contributed by atoms with Crippen molar-refractivity contribution in [1.29, 1.82) is 0 Å². The van der Waals surface area contributed by atoms with Crippen LogP contribution in [0.4, 0.5) is 0 Å². The van der Waals surface area contributed by atoms with Gasteiger partial charge >= 0.3 is 0 Å². The summed E-state index contributed by atoms with van der Waals surface area (Å²) in [6, 6.07) is 0. The Morgan fingerprint density at radius 3 is 3.14 bits per heavy atom. The number of carbonyl (C=O) groups excluding carboxylic acids is 1. The number of carbonyl (C=O) groups is 1. The van der Waals surface area contributed by atoms with E-state index in [4.69, 9.17) is 0 Å². The number of rotatable bonds is 3. The molecule has 0 aromatic carbocycles. The summed E-state index contributed by atoms with van der Waals surface area (Å²) >= 11 is 0. The summed E-state index contributed by atoms with van der Waals surface area (Å²) in [6.07, 6.45) is 5.66. The van der Waals surface area contributed by atoms with E-state index in [1.807, 2.05) is 17.1 Å². The zero-order valence-corrected chi connectivity index (χ0v) is 8.36. The van der Waals surface area contributed by atoms with E-state index < -0.39 is 0 Å². The average molecular weight is 193 g/mol. The van der Waals surface area contributed by atoms with Gasteiger partial charge < -0.3 is 5.32 Å². The Balaban J connectivity index is 1.99. The Kier molecular flexibility index (Phi) is 2.52. The second kappa shape index (κ2) is 3.82. The number of aromatic nitrogens is 2. The molecule has 1 fully saturated rings. The fourth-order valence-electron chi connectivity index (χ4n) is 1.81. The molecule has 1 aliphatic heterocycles. The van der Waals surface area contributed by atoms with E-state index in [2.05, 4.69) is 17.3 Å². The van der Waals surface area contributed by atoms with Crippen LogP contribution in [0.1, 0.15) is 18.9 Å². The van der Waals surface area contributed by atoms with Gasteiger partial charge in [0, 0.05) is 25.2 Å². The molecule has 4 nitrogen and oxygen atoms in total. The van der Waals surface area contributed by atoms with Crippen molar-refractivity contribution < 1.29 is 4.79 Å². The van der Waals surface area contributed by atoms with E-state index in [1.54, 1.807) is 0 Å². The Hall–Kier alpha value is -1.32. The number of nitrogens with one attached hydrogen (secondary N) is 1. The van der Waals surface area contributed by atoms with Crippen LogP contribution in [0.3, 0.4) is 0 Å². The lowest BCUT2D eigenvalue weighted by atomic mass is 10.0. The molecule has 1 aromatic rings. The lowest BCUT2D eigenvalue weighted by Crippen LogP contribution is -2.20. The molecule has 1 saturated heterocycles. The molecule has 2 rings (SSSR count). The molecule has 4 heteroatoms. The summed E-state index contributed by atoms with van der Waals surface area (Å²) in [7, 11) is 0. The summed E-state index contributed by atoms with van der Waals surface area (Å²) < 4.78 is 1.89. The van der Waals surface area contributed by atoms with Crippen LogP contribution in [0.2, 0.25) is 0 Å². The topological polar surface area (TPSA) is 46.9 Å². The van der Waals surface area contributed by atoms with E-state index in [0.29, 0.717) is 0 Å². The van der Waals surface area contributed by atoms with Gasteiger partial charge in [-0.25, -0.2) is 0 Å². The van der Waals surface area contributed by atoms with Gasteiger partial charge in [0.1, 0.15) is 0 Å². The first kappa shape index (κ1) is 9.24. The van der Waals surface area contributed by atoms with Crippen LogP contribution in [0.5, 0.6) is 0 Å². The maximum absolute atomic E-state index is 11.3. The third-order valence-corrected chi connectivity index (χ3v) is 2.66. The molecule has 0 radical (unpaired) electrons. The molecule has 2 heterocycles. The quantitative estimate of drug-likeness (QED) is 0.763. The molecule has 1 aliphatic rings. The minimum Gasteiger partial charge on any atom is -0.356 e. The molecule has 1 amide bonds. The van der Waals surface area contributed by atoms with Crippen LogP contribution in [0.25, 0.3) is 0 Å². The predicted octanol–water partition coefficient (Wildman–Crippen LogP) is 0.582. The highest BCUT2D eigenvalue weighted by Gasteiger charge is 2.24. The highest BCUT2D eigenvalue weighted by Crippen LogP contribution is 2.15. The molecular formula is C10H15N3O. The first-order valence-corrected chi connectivity index (χ1v) is 5.08. The normalized spacial score (nSPS) is 21.2. The fourth-order valence-corrected chi connectivity index (χ4v) is 1.81. The molecule has 1 unspecified atom stereocenters. The molecule has 1 N–H and O–H groups in total. The first-order valence-electron chi connectivity index (χ1n) is 5.08. The average Bonchev–Trinajstić information content (AvgIpc) is 2.77. The van der Waals surface area contributed by atoms with Crippen molar-refractivity contribution in [3.8, 4) is 0 Å². The van der Waals surface area contributed by atoms with Crippen molar-refractivity contribution >= 4 is 5.91 Å². The molecule has 1 aromatic heterocycles. The van der Waals surface area contributed by atoms with Crippen LogP contribution in [-0.2, 0) is 17.8 Å². The van der Waals surface area contributed by atoms with Gasteiger partial charge in [0.15, 0.2) is 0 Å². The number of hydrogen-bond donors (Lipinski definition) is 1. The molecule has 14 heavy (non-hydrogen) atoms. The zero-order valence-electron chi connectivity index (χ0n) is 8.36. The Labute approximate surface area is 83.3 Å². The van der Waals surface area contributed by atoms with Gasteiger partial charge in [-0.2, -0.15) is 5.10 Å². The van der Waals surface area contributed by atoms with Gasteiger partial charge in [0.05, 0.1) is 6.20 Å². The van der Waals surface area contributed by atoms with Gasteiger partial charge in [-0.15, -0.1) is 0 Å². The predicted molar refractivity (Wildman–Crippen MR) is 52.7 cm³/mol. The first-order chi connectivity index (χ1) is 6.79. The van der Waals surface area contributed by atoms with Crippen molar-refractivity contribution in [3.63, 3.8) is 0 Å². The van der Waals surface area contributed by atoms with E-state index >= 15 is 0 Å². The van der Waals surface area contributed by atoms with Crippen molar-refractivity contribution in [2.75, 3.05) is 6.54 Å². The molecular weight excluding hydrogens is 178 g/mol. The number of nitrogens with zero attached hydrogens (tertiary/aromatic N) is 2. The van der Waals surface area contributed by atoms with Crippen molar-refractivity contribution in [3.05, 3.63) is 18.0 Å². The van der Waals surface area contributed by atoms with Crippen molar-refractivity contribution in [1.82, 2.24) is 15.1 Å². The van der Waals surface area contributed by atoms with Gasteiger partial charge in [-0.3, -0.25) is 9.48 Å². The third-order valence-electron chi connectivity index (χ3n) is 2.66. The highest BCUT2D eigenvalue weighted by molar-refractivity contribution is 5.80. The Morgan fingerprint density at radius 2 is 2.57 bits per heavy atom. The highest BCUT2D eigenvalue weighted by atomic mass is 16.2. The van der Waals surface area contributed by atoms with Crippen LogP contribution in [-0.4, -0.2) is 22.2 Å². The molecule has 0 saturated carbocycles. The van der Waals surface area contributed by atoms with Crippen LogP contribution in [0, 0.1) is 5.92 Å². The molecule has 0 bridgehead atoms. The lowest BCUT2D eigenvalue weighted by Gasteiger charge is -2.02. The van der Waals surface area contributed by atoms with E-state index in [9.17, 15) is 4.79 Å². The van der Waals surface area contributed by atoms with Crippen LogP contribution >= 0.6 is 0 Å². The van der Waals surface area contributed by atoms with Crippen molar-refractivity contribution in [2.24, 2.45) is 5.92 Å². The molecule has 0 aliphatic carbocycles. The van der Waals surface area contributed by atoms with Gasteiger partial charge in [-0.1, -0.05) is 0 Å². The zero-order chi connectivity index (χ0) is 9.97. The number of amides is 1. The van der Waals surface area contributed by atoms with Gasteiger partial charge in [0.25, 0.3) is 0 Å². The minimum absolute atomic E-state index is 0.157. The molecule has 76 valence electrons. The SMILES string of the molecule is CCn1cc(CC2CCNC2=O)cn1. The third kappa shape index (κ3) is 1.78. The second-order valence-electron chi connectivity index (χ2n) is 3.69. The van der Waals surface area contributed by atoms with Crippen molar-refractivity contribution in [2.45, 2.75) is 26.3 Å². The fraction of sp³-hybridized carbons (Fsp3) is 0.600. The maximum atomic E-state index is 11.3. The molecule has 1 atom stereocenters. The summed E-state index contributed by atoms with van der Waals surface area (Å²) in [5.41, 5.74) is 1.16. The minimum atomic E-state index is 0.157. The monoisotopic (exact) mass is 193 g/mol. The Bertz CT molecular complexity index is 332. The van der Waals surface area contributed by atoms with Gasteiger partial charge in [0.2, 0.25) is 5.91 Å². The largest absolute Gasteiger partial charge is 0.356 e. The summed E-state index contributed by atoms with van der Waals surface area (Å²) in [6.45, 7) is 3.77. The second-order valence-corrected chi connectivity index (χ2v) is 3.69. The van der Waals surface area contributed by atoms with Crippen LogP contribution in [0.15, 0.2) is 12.4 Å². The lowest BCUT2D eigenvalue weighted by molar-refractivity contribution is -0.122. The summed E-state index contributed by atoms with van der Waals surface area (Å²) in [4.78, 5) is 11.3.